The monoisotopic (exact) mass is 386 g/mol. The molecule has 0 atom stereocenters. The molecular formula is C18H15BrN2OS. The van der Waals surface area contributed by atoms with Crippen LogP contribution < -0.4 is 10.2 Å². The van der Waals surface area contributed by atoms with Gasteiger partial charge in [0.1, 0.15) is 5.70 Å². The van der Waals surface area contributed by atoms with E-state index in [1.165, 1.54) is 0 Å². The lowest BCUT2D eigenvalue weighted by atomic mass is 10.1. The summed E-state index contributed by atoms with van der Waals surface area (Å²) in [6.45, 7) is 2.06. The second-order valence-corrected chi connectivity index (χ2v) is 6.37. The Morgan fingerprint density at radius 2 is 1.87 bits per heavy atom. The zero-order valence-electron chi connectivity index (χ0n) is 12.5. The normalized spacial score (nSPS) is 16.1. The molecule has 116 valence electrons. The summed E-state index contributed by atoms with van der Waals surface area (Å²) in [7, 11) is 0. The Balaban J connectivity index is 1.99. The molecule has 0 unspecified atom stereocenters. The molecule has 1 N–H and O–H groups in total. The molecule has 3 rings (SSSR count). The van der Waals surface area contributed by atoms with E-state index in [-0.39, 0.29) is 5.91 Å². The van der Waals surface area contributed by atoms with Crippen LogP contribution in [-0.2, 0) is 11.2 Å². The Kier molecular flexibility index (Phi) is 4.59. The van der Waals surface area contributed by atoms with E-state index >= 15 is 0 Å². The molecule has 3 nitrogen and oxygen atoms in total. The maximum atomic E-state index is 12.8. The van der Waals surface area contributed by atoms with Crippen LogP contribution in [0.4, 0.5) is 5.69 Å². The van der Waals surface area contributed by atoms with Crippen LogP contribution >= 0.6 is 28.1 Å². The van der Waals surface area contributed by atoms with Gasteiger partial charge in [0.15, 0.2) is 5.11 Å². The number of hydrogen-bond donors (Lipinski definition) is 1. The number of nitrogens with zero attached hydrogens (tertiary/aromatic N) is 1. The first-order chi connectivity index (χ1) is 11.1. The van der Waals surface area contributed by atoms with E-state index in [0.717, 1.165) is 27.7 Å². The molecule has 2 aromatic carbocycles. The number of amides is 1. The Labute approximate surface area is 149 Å². The molecule has 1 aliphatic heterocycles. The number of benzene rings is 2. The van der Waals surface area contributed by atoms with Gasteiger partial charge in [-0.25, -0.2) is 0 Å². The molecular weight excluding hydrogens is 372 g/mol. The number of carbonyl (C=O) groups excluding carboxylic acids is 1. The zero-order valence-corrected chi connectivity index (χ0v) is 14.9. The lowest BCUT2D eigenvalue weighted by Crippen LogP contribution is -2.31. The van der Waals surface area contributed by atoms with Crippen molar-refractivity contribution in [2.45, 2.75) is 13.3 Å². The average Bonchev–Trinajstić information content (AvgIpc) is 2.83. The molecule has 1 amide bonds. The number of aryl methyl sites for hydroxylation is 1. The molecule has 0 aliphatic carbocycles. The minimum absolute atomic E-state index is 0.133. The molecule has 0 spiro atoms. The number of anilines is 1. The lowest BCUT2D eigenvalue weighted by Gasteiger charge is -2.17. The van der Waals surface area contributed by atoms with Crippen molar-refractivity contribution in [2.24, 2.45) is 0 Å². The van der Waals surface area contributed by atoms with E-state index in [1.807, 2.05) is 54.6 Å². The quantitative estimate of drug-likeness (QED) is 0.631. The van der Waals surface area contributed by atoms with Crippen molar-refractivity contribution in [3.8, 4) is 0 Å². The number of carbonyl (C=O) groups is 1. The van der Waals surface area contributed by atoms with Gasteiger partial charge in [-0.15, -0.1) is 0 Å². The molecule has 1 saturated heterocycles. The molecule has 1 fully saturated rings. The van der Waals surface area contributed by atoms with Crippen molar-refractivity contribution >= 4 is 50.9 Å². The average molecular weight is 387 g/mol. The van der Waals surface area contributed by atoms with Crippen LogP contribution in [0, 0.1) is 0 Å². The molecule has 0 saturated carbocycles. The minimum Gasteiger partial charge on any atom is -0.327 e. The summed E-state index contributed by atoms with van der Waals surface area (Å²) in [5, 5.41) is 3.44. The number of nitrogens with one attached hydrogen (secondary N) is 1. The summed E-state index contributed by atoms with van der Waals surface area (Å²) in [4.78, 5) is 14.4. The van der Waals surface area contributed by atoms with Gasteiger partial charge in [0.25, 0.3) is 5.91 Å². The number of thiocarbonyl (C=S) groups is 1. The topological polar surface area (TPSA) is 32.3 Å². The molecule has 0 aromatic heterocycles. The number of rotatable bonds is 3. The van der Waals surface area contributed by atoms with Gasteiger partial charge in [0, 0.05) is 4.47 Å². The number of para-hydroxylation sites is 1. The fraction of sp³-hybridized carbons (Fsp3) is 0.111. The van der Waals surface area contributed by atoms with Crippen LogP contribution in [-0.4, -0.2) is 11.0 Å². The SMILES string of the molecule is CCc1ccccc1N1C(=O)/C(=C\c2ccccc2Br)NC1=S. The number of hydrogen-bond acceptors (Lipinski definition) is 2. The van der Waals surface area contributed by atoms with E-state index in [0.29, 0.717) is 10.8 Å². The van der Waals surface area contributed by atoms with Gasteiger partial charge in [-0.05, 0) is 48.0 Å². The maximum Gasteiger partial charge on any atom is 0.281 e. The van der Waals surface area contributed by atoms with Gasteiger partial charge in [-0.3, -0.25) is 9.69 Å². The van der Waals surface area contributed by atoms with Gasteiger partial charge in [0.2, 0.25) is 0 Å². The summed E-state index contributed by atoms with van der Waals surface area (Å²) in [6, 6.07) is 15.6. The van der Waals surface area contributed by atoms with Crippen molar-refractivity contribution < 1.29 is 4.79 Å². The van der Waals surface area contributed by atoms with Crippen LogP contribution in [0.2, 0.25) is 0 Å². The molecule has 2 aromatic rings. The standard InChI is InChI=1S/C18H15BrN2OS/c1-2-12-7-4-6-10-16(12)21-17(22)15(20-18(21)23)11-13-8-3-5-9-14(13)19/h3-11H,2H2,1H3,(H,20,23)/b15-11+. The third kappa shape index (κ3) is 3.07. The summed E-state index contributed by atoms with van der Waals surface area (Å²) >= 11 is 8.87. The van der Waals surface area contributed by atoms with Crippen LogP contribution in [0.3, 0.4) is 0 Å². The highest BCUT2D eigenvalue weighted by atomic mass is 79.9. The molecule has 5 heteroatoms. The highest BCUT2D eigenvalue weighted by Crippen LogP contribution is 2.27. The van der Waals surface area contributed by atoms with Crippen LogP contribution in [0.1, 0.15) is 18.1 Å². The largest absolute Gasteiger partial charge is 0.327 e. The summed E-state index contributed by atoms with van der Waals surface area (Å²) < 4.78 is 0.931. The third-order valence-electron chi connectivity index (χ3n) is 3.70. The predicted octanol–water partition coefficient (Wildman–Crippen LogP) is 4.27. The van der Waals surface area contributed by atoms with Gasteiger partial charge < -0.3 is 5.32 Å². The Bertz CT molecular complexity index is 816. The van der Waals surface area contributed by atoms with Crippen LogP contribution in [0.15, 0.2) is 58.7 Å². The lowest BCUT2D eigenvalue weighted by molar-refractivity contribution is -0.113. The van der Waals surface area contributed by atoms with Gasteiger partial charge >= 0.3 is 0 Å². The van der Waals surface area contributed by atoms with Crippen molar-refractivity contribution in [1.29, 1.82) is 0 Å². The highest BCUT2D eigenvalue weighted by Gasteiger charge is 2.32. The van der Waals surface area contributed by atoms with Crippen molar-refractivity contribution in [2.75, 3.05) is 4.90 Å². The smallest absolute Gasteiger partial charge is 0.281 e. The van der Waals surface area contributed by atoms with Crippen molar-refractivity contribution in [3.63, 3.8) is 0 Å². The third-order valence-corrected chi connectivity index (χ3v) is 4.70. The zero-order chi connectivity index (χ0) is 16.4. The second kappa shape index (κ2) is 6.64. The summed E-state index contributed by atoms with van der Waals surface area (Å²) in [6.07, 6.45) is 2.65. The number of halogens is 1. The fourth-order valence-corrected chi connectivity index (χ4v) is 3.22. The van der Waals surface area contributed by atoms with Gasteiger partial charge in [-0.2, -0.15) is 0 Å². The molecule has 0 radical (unpaired) electrons. The predicted molar refractivity (Wildman–Crippen MR) is 101 cm³/mol. The van der Waals surface area contributed by atoms with Crippen molar-refractivity contribution in [3.05, 3.63) is 69.8 Å². The summed E-state index contributed by atoms with van der Waals surface area (Å²) in [5.74, 6) is -0.133. The highest BCUT2D eigenvalue weighted by molar-refractivity contribution is 9.10. The molecule has 1 aliphatic rings. The van der Waals surface area contributed by atoms with Gasteiger partial charge in [-0.1, -0.05) is 59.3 Å². The van der Waals surface area contributed by atoms with Crippen molar-refractivity contribution in [1.82, 2.24) is 5.32 Å². The van der Waals surface area contributed by atoms with E-state index in [1.54, 1.807) is 4.90 Å². The fourth-order valence-electron chi connectivity index (χ4n) is 2.53. The molecule has 1 heterocycles. The Morgan fingerprint density at radius 3 is 2.61 bits per heavy atom. The minimum atomic E-state index is -0.133. The van der Waals surface area contributed by atoms with E-state index in [2.05, 4.69) is 28.2 Å². The van der Waals surface area contributed by atoms with Crippen LogP contribution in [0.25, 0.3) is 6.08 Å². The first-order valence-corrected chi connectivity index (χ1v) is 8.51. The molecule has 0 bridgehead atoms. The second-order valence-electron chi connectivity index (χ2n) is 5.13. The van der Waals surface area contributed by atoms with Crippen LogP contribution in [0.5, 0.6) is 0 Å². The van der Waals surface area contributed by atoms with E-state index < -0.39 is 0 Å². The van der Waals surface area contributed by atoms with E-state index in [9.17, 15) is 4.79 Å². The first-order valence-electron chi connectivity index (χ1n) is 7.31. The van der Waals surface area contributed by atoms with E-state index in [4.69, 9.17) is 12.2 Å². The van der Waals surface area contributed by atoms with Gasteiger partial charge in [0.05, 0.1) is 5.69 Å². The first kappa shape index (κ1) is 15.9. The molecule has 23 heavy (non-hydrogen) atoms. The summed E-state index contributed by atoms with van der Waals surface area (Å²) in [5.41, 5.74) is 3.34. The maximum absolute atomic E-state index is 12.8. The Morgan fingerprint density at radius 1 is 1.17 bits per heavy atom. The Hall–Kier alpha value is -1.98.